The lowest BCUT2D eigenvalue weighted by Gasteiger charge is -2.10. The van der Waals surface area contributed by atoms with Crippen LogP contribution in [0.4, 0.5) is 0 Å². The number of aromatic nitrogens is 2. The lowest BCUT2D eigenvalue weighted by molar-refractivity contribution is -0.142. The van der Waals surface area contributed by atoms with Crippen LogP contribution in [-0.2, 0) is 14.6 Å². The average Bonchev–Trinajstić information content (AvgIpc) is 2.95. The lowest BCUT2D eigenvalue weighted by atomic mass is 9.96. The van der Waals surface area contributed by atoms with Gasteiger partial charge in [0.15, 0.2) is 15.7 Å². The van der Waals surface area contributed by atoms with E-state index in [0.717, 1.165) is 12.7 Å². The fraction of sp³-hybridized carbons (Fsp3) is 0.727. The maximum absolute atomic E-state index is 11.4. The van der Waals surface area contributed by atoms with Crippen molar-refractivity contribution < 1.29 is 22.8 Å². The maximum Gasteiger partial charge on any atom is 0.307 e. The summed E-state index contributed by atoms with van der Waals surface area (Å²) >= 11 is 0. The molecule has 0 amide bonds. The molecule has 19 heavy (non-hydrogen) atoms. The van der Waals surface area contributed by atoms with Crippen molar-refractivity contribution >= 4 is 15.8 Å². The third-order valence-corrected chi connectivity index (χ3v) is 5.11. The van der Waals surface area contributed by atoms with Crippen LogP contribution >= 0.6 is 0 Å². The van der Waals surface area contributed by atoms with Crippen LogP contribution in [0.3, 0.4) is 0 Å². The normalized spacial score (nSPS) is 25.4. The SMILES string of the molecule is CC(c1noc(C2CCCC2C(=O)O)n1)S(C)(=O)=O. The molecule has 106 valence electrons. The molecule has 3 atom stereocenters. The zero-order valence-electron chi connectivity index (χ0n) is 10.7. The number of carboxylic acids is 1. The summed E-state index contributed by atoms with van der Waals surface area (Å²) in [6, 6.07) is 0. The molecule has 1 saturated carbocycles. The largest absolute Gasteiger partial charge is 0.481 e. The standard InChI is InChI=1S/C11H16N2O5S/c1-6(19(2,16)17)9-12-10(18-13-9)7-4-3-5-8(7)11(14)15/h6-8H,3-5H2,1-2H3,(H,14,15). The van der Waals surface area contributed by atoms with Gasteiger partial charge in [0.1, 0.15) is 5.25 Å². The first-order valence-corrected chi connectivity index (χ1v) is 8.01. The average molecular weight is 288 g/mol. The number of hydrogen-bond acceptors (Lipinski definition) is 6. The van der Waals surface area contributed by atoms with E-state index in [2.05, 4.69) is 10.1 Å². The Morgan fingerprint density at radius 2 is 2.16 bits per heavy atom. The summed E-state index contributed by atoms with van der Waals surface area (Å²) in [6.07, 6.45) is 3.15. The molecule has 1 aromatic rings. The van der Waals surface area contributed by atoms with E-state index in [1.807, 2.05) is 0 Å². The van der Waals surface area contributed by atoms with Crippen molar-refractivity contribution in [3.05, 3.63) is 11.7 Å². The summed E-state index contributed by atoms with van der Waals surface area (Å²) in [5.74, 6) is -1.39. The fourth-order valence-electron chi connectivity index (χ4n) is 2.31. The van der Waals surface area contributed by atoms with Crippen molar-refractivity contribution in [3.63, 3.8) is 0 Å². The van der Waals surface area contributed by atoms with Crippen LogP contribution < -0.4 is 0 Å². The number of rotatable bonds is 4. The highest BCUT2D eigenvalue weighted by atomic mass is 32.2. The van der Waals surface area contributed by atoms with Gasteiger partial charge in [0.25, 0.3) is 0 Å². The molecule has 7 nitrogen and oxygen atoms in total. The van der Waals surface area contributed by atoms with Crippen LogP contribution in [0.1, 0.15) is 49.1 Å². The van der Waals surface area contributed by atoms with Gasteiger partial charge in [-0.3, -0.25) is 4.79 Å². The smallest absolute Gasteiger partial charge is 0.307 e. The zero-order chi connectivity index (χ0) is 14.2. The molecule has 0 aliphatic heterocycles. The molecule has 0 bridgehead atoms. The third-order valence-electron chi connectivity index (χ3n) is 3.61. The highest BCUT2D eigenvalue weighted by Gasteiger charge is 2.38. The molecule has 1 aliphatic carbocycles. The number of hydrogen-bond donors (Lipinski definition) is 1. The van der Waals surface area contributed by atoms with Gasteiger partial charge in [-0.2, -0.15) is 4.98 Å². The second-order valence-electron chi connectivity index (χ2n) is 4.94. The molecule has 1 aromatic heterocycles. The molecule has 0 radical (unpaired) electrons. The third kappa shape index (κ3) is 2.78. The van der Waals surface area contributed by atoms with Crippen molar-refractivity contribution in [1.29, 1.82) is 0 Å². The minimum atomic E-state index is -3.30. The van der Waals surface area contributed by atoms with Crippen LogP contribution in [0, 0.1) is 5.92 Å². The summed E-state index contributed by atoms with van der Waals surface area (Å²) in [7, 11) is -3.30. The van der Waals surface area contributed by atoms with E-state index in [1.54, 1.807) is 0 Å². The Kier molecular flexibility index (Phi) is 3.62. The predicted octanol–water partition coefficient (Wildman–Crippen LogP) is 1.14. The summed E-state index contributed by atoms with van der Waals surface area (Å²) < 4.78 is 27.9. The summed E-state index contributed by atoms with van der Waals surface area (Å²) in [4.78, 5) is 15.2. The van der Waals surface area contributed by atoms with E-state index < -0.39 is 27.0 Å². The Labute approximate surface area is 110 Å². The second-order valence-corrected chi connectivity index (χ2v) is 7.31. The molecule has 0 aromatic carbocycles. The lowest BCUT2D eigenvalue weighted by Crippen LogP contribution is -2.17. The van der Waals surface area contributed by atoms with Crippen LogP contribution in [0.2, 0.25) is 0 Å². The molecule has 1 aliphatic rings. The topological polar surface area (TPSA) is 110 Å². The Balaban J connectivity index is 2.24. The number of nitrogens with zero attached hydrogens (tertiary/aromatic N) is 2. The van der Waals surface area contributed by atoms with Crippen molar-refractivity contribution in [1.82, 2.24) is 10.1 Å². The van der Waals surface area contributed by atoms with E-state index in [1.165, 1.54) is 6.92 Å². The molecular formula is C11H16N2O5S. The number of carboxylic acid groups (broad SMARTS) is 1. The van der Waals surface area contributed by atoms with E-state index in [9.17, 15) is 13.2 Å². The molecule has 1 fully saturated rings. The molecule has 1 N–H and O–H groups in total. The van der Waals surface area contributed by atoms with Crippen molar-refractivity contribution in [2.45, 2.75) is 37.4 Å². The van der Waals surface area contributed by atoms with Crippen LogP contribution in [0.5, 0.6) is 0 Å². The molecule has 8 heteroatoms. The summed E-state index contributed by atoms with van der Waals surface area (Å²) in [5, 5.41) is 11.9. The Bertz CT molecular complexity index is 580. The van der Waals surface area contributed by atoms with Crippen LogP contribution in [-0.4, -0.2) is 35.9 Å². The van der Waals surface area contributed by atoms with E-state index in [0.29, 0.717) is 12.8 Å². The van der Waals surface area contributed by atoms with Gasteiger partial charge in [-0.15, -0.1) is 0 Å². The first-order valence-electron chi connectivity index (χ1n) is 6.06. The minimum absolute atomic E-state index is 0.0912. The predicted molar refractivity (Wildman–Crippen MR) is 65.3 cm³/mol. The van der Waals surface area contributed by atoms with E-state index in [4.69, 9.17) is 9.63 Å². The van der Waals surface area contributed by atoms with E-state index in [-0.39, 0.29) is 17.6 Å². The number of carbonyl (C=O) groups is 1. The van der Waals surface area contributed by atoms with E-state index >= 15 is 0 Å². The molecule has 3 unspecified atom stereocenters. The number of aliphatic carboxylic acids is 1. The second kappa shape index (κ2) is 4.92. The van der Waals surface area contributed by atoms with Gasteiger partial charge in [0, 0.05) is 6.26 Å². The van der Waals surface area contributed by atoms with Gasteiger partial charge < -0.3 is 9.63 Å². The van der Waals surface area contributed by atoms with Gasteiger partial charge in [-0.05, 0) is 19.8 Å². The highest BCUT2D eigenvalue weighted by Crippen LogP contribution is 2.39. The van der Waals surface area contributed by atoms with Crippen molar-refractivity contribution in [2.75, 3.05) is 6.26 Å². The molecule has 0 saturated heterocycles. The summed E-state index contributed by atoms with van der Waals surface area (Å²) in [5.41, 5.74) is 0. The molecular weight excluding hydrogens is 272 g/mol. The minimum Gasteiger partial charge on any atom is -0.481 e. The Morgan fingerprint density at radius 3 is 2.74 bits per heavy atom. The van der Waals surface area contributed by atoms with Crippen molar-refractivity contribution in [2.24, 2.45) is 5.92 Å². The van der Waals surface area contributed by atoms with Crippen LogP contribution in [0.25, 0.3) is 0 Å². The maximum atomic E-state index is 11.4. The van der Waals surface area contributed by atoms with Crippen molar-refractivity contribution in [3.8, 4) is 0 Å². The van der Waals surface area contributed by atoms with Gasteiger partial charge in [0.05, 0.1) is 11.8 Å². The fourth-order valence-corrected chi connectivity index (χ4v) is 2.78. The van der Waals surface area contributed by atoms with Gasteiger partial charge in [-0.1, -0.05) is 11.6 Å². The van der Waals surface area contributed by atoms with Gasteiger partial charge in [-0.25, -0.2) is 8.42 Å². The molecule has 1 heterocycles. The van der Waals surface area contributed by atoms with Crippen LogP contribution in [0.15, 0.2) is 4.52 Å². The Morgan fingerprint density at radius 1 is 1.47 bits per heavy atom. The number of sulfone groups is 1. The Hall–Kier alpha value is -1.44. The first-order chi connectivity index (χ1) is 8.80. The highest BCUT2D eigenvalue weighted by molar-refractivity contribution is 7.90. The molecule has 2 rings (SSSR count). The van der Waals surface area contributed by atoms with Gasteiger partial charge in [0.2, 0.25) is 5.89 Å². The first kappa shape index (κ1) is 14.0. The zero-order valence-corrected chi connectivity index (χ0v) is 11.6. The van der Waals surface area contributed by atoms with Gasteiger partial charge >= 0.3 is 5.97 Å². The monoisotopic (exact) mass is 288 g/mol. The summed E-state index contributed by atoms with van der Waals surface area (Å²) in [6.45, 7) is 1.48. The quantitative estimate of drug-likeness (QED) is 0.884. The molecule has 0 spiro atoms.